The number of fused-ring (bicyclic) bond motifs is 2. The molecule has 1 aliphatic heterocycles. The minimum absolute atomic E-state index is 0.271. The Labute approximate surface area is 164 Å². The van der Waals surface area contributed by atoms with Gasteiger partial charge >= 0.3 is 0 Å². The first-order valence-corrected chi connectivity index (χ1v) is 9.61. The molecule has 0 radical (unpaired) electrons. The molecule has 2 heterocycles. The van der Waals surface area contributed by atoms with Gasteiger partial charge in [-0.15, -0.1) is 0 Å². The molecule has 0 bridgehead atoms. The van der Waals surface area contributed by atoms with Crippen molar-refractivity contribution in [2.24, 2.45) is 4.99 Å². The highest BCUT2D eigenvalue weighted by atomic mass is 16.5. The number of guanidine groups is 1. The summed E-state index contributed by atoms with van der Waals surface area (Å²) in [5, 5.41) is 14.0. The van der Waals surface area contributed by atoms with Crippen molar-refractivity contribution in [1.29, 1.82) is 0 Å². The molecule has 7 nitrogen and oxygen atoms in total. The Kier molecular flexibility index (Phi) is 5.53. The fraction of sp³-hybridized carbons (Fsp3) is 0.381. The summed E-state index contributed by atoms with van der Waals surface area (Å²) in [4.78, 5) is 8.91. The fourth-order valence-corrected chi connectivity index (χ4v) is 3.59. The number of aliphatic imine (C=N–C) groups is 1. The number of rotatable bonds is 5. The molecule has 0 aliphatic carbocycles. The molecule has 3 aromatic rings. The van der Waals surface area contributed by atoms with Crippen molar-refractivity contribution >= 4 is 16.7 Å². The Morgan fingerprint density at radius 3 is 2.93 bits per heavy atom. The first-order valence-electron chi connectivity index (χ1n) is 9.61. The van der Waals surface area contributed by atoms with Crippen LogP contribution in [-0.4, -0.2) is 40.9 Å². The Hall–Kier alpha value is -2.93. The number of hydrogen-bond acceptors (Lipinski definition) is 4. The third-order valence-electron chi connectivity index (χ3n) is 5.01. The van der Waals surface area contributed by atoms with Gasteiger partial charge in [-0.25, -0.2) is 9.67 Å². The van der Waals surface area contributed by atoms with Crippen LogP contribution in [0.5, 0.6) is 0 Å². The monoisotopic (exact) mass is 378 g/mol. The second kappa shape index (κ2) is 8.39. The van der Waals surface area contributed by atoms with Crippen LogP contribution in [0, 0.1) is 0 Å². The molecule has 1 aliphatic rings. The summed E-state index contributed by atoms with van der Waals surface area (Å²) in [7, 11) is 3.46. The van der Waals surface area contributed by atoms with Crippen molar-refractivity contribution in [1.82, 2.24) is 25.4 Å². The zero-order valence-corrected chi connectivity index (χ0v) is 16.4. The fourth-order valence-electron chi connectivity index (χ4n) is 3.59. The molecule has 146 valence electrons. The number of aromatic nitrogens is 3. The predicted molar refractivity (Wildman–Crippen MR) is 110 cm³/mol. The van der Waals surface area contributed by atoms with Gasteiger partial charge in [-0.2, -0.15) is 5.10 Å². The summed E-state index contributed by atoms with van der Waals surface area (Å²) in [6, 6.07) is 15.2. The second-order valence-electron chi connectivity index (χ2n) is 7.05. The minimum Gasteiger partial charge on any atom is -0.377 e. The molecule has 0 saturated heterocycles. The minimum atomic E-state index is 0.271. The van der Waals surface area contributed by atoms with E-state index in [2.05, 4.69) is 68.2 Å². The molecule has 1 atom stereocenters. The molecule has 7 heteroatoms. The van der Waals surface area contributed by atoms with Gasteiger partial charge in [0.25, 0.3) is 0 Å². The molecule has 4 rings (SSSR count). The Balaban J connectivity index is 1.35. The average molecular weight is 378 g/mol. The van der Waals surface area contributed by atoms with Crippen LogP contribution < -0.4 is 10.6 Å². The second-order valence-corrected chi connectivity index (χ2v) is 7.05. The topological polar surface area (TPSA) is 76.4 Å². The molecule has 2 N–H and O–H groups in total. The number of ether oxygens (including phenoxy) is 1. The van der Waals surface area contributed by atoms with Crippen molar-refractivity contribution in [3.63, 3.8) is 0 Å². The van der Waals surface area contributed by atoms with E-state index in [4.69, 9.17) is 4.74 Å². The maximum atomic E-state index is 5.13. The van der Waals surface area contributed by atoms with E-state index in [1.165, 1.54) is 16.3 Å². The molecule has 0 saturated carbocycles. The summed E-state index contributed by atoms with van der Waals surface area (Å²) in [6.45, 7) is 1.96. The van der Waals surface area contributed by atoms with Gasteiger partial charge < -0.3 is 15.4 Å². The van der Waals surface area contributed by atoms with Gasteiger partial charge in [0.15, 0.2) is 11.8 Å². The molecule has 1 aromatic heterocycles. The standard InChI is InChI=1S/C21H26N6O/c1-22-21(23-12-15-7-8-16-5-3-4-6-17(16)11-15)24-18-9-10-20-25-19(14-28-2)26-27(20)13-18/h3-8,11,18H,9-10,12-14H2,1-2H3,(H2,22,23,24). The van der Waals surface area contributed by atoms with Crippen molar-refractivity contribution < 1.29 is 4.74 Å². The Morgan fingerprint density at radius 1 is 1.25 bits per heavy atom. The van der Waals surface area contributed by atoms with E-state index < -0.39 is 0 Å². The van der Waals surface area contributed by atoms with E-state index in [9.17, 15) is 0 Å². The van der Waals surface area contributed by atoms with Gasteiger partial charge in [-0.3, -0.25) is 4.99 Å². The number of nitrogens with zero attached hydrogens (tertiary/aromatic N) is 4. The van der Waals surface area contributed by atoms with Crippen LogP contribution in [0.1, 0.15) is 23.6 Å². The lowest BCUT2D eigenvalue weighted by atomic mass is 10.1. The van der Waals surface area contributed by atoms with Gasteiger partial charge in [0.05, 0.1) is 6.54 Å². The predicted octanol–water partition coefficient (Wildman–Crippen LogP) is 2.26. The Morgan fingerprint density at radius 2 is 2.11 bits per heavy atom. The number of hydrogen-bond donors (Lipinski definition) is 2. The van der Waals surface area contributed by atoms with E-state index >= 15 is 0 Å². The molecule has 0 fully saturated rings. The van der Waals surface area contributed by atoms with Gasteiger partial charge in [0.1, 0.15) is 12.4 Å². The van der Waals surface area contributed by atoms with Gasteiger partial charge in [-0.1, -0.05) is 36.4 Å². The maximum Gasteiger partial charge on any atom is 0.191 e. The van der Waals surface area contributed by atoms with Crippen molar-refractivity contribution in [3.8, 4) is 0 Å². The number of methoxy groups -OCH3 is 1. The smallest absolute Gasteiger partial charge is 0.191 e. The van der Waals surface area contributed by atoms with Gasteiger partial charge in [0.2, 0.25) is 0 Å². The normalized spacial score (nSPS) is 16.8. The van der Waals surface area contributed by atoms with Crippen LogP contribution >= 0.6 is 0 Å². The first kappa shape index (κ1) is 18.4. The summed E-state index contributed by atoms with van der Waals surface area (Å²) in [5.41, 5.74) is 1.23. The molecule has 0 amide bonds. The first-order chi connectivity index (χ1) is 13.7. The lowest BCUT2D eigenvalue weighted by Crippen LogP contribution is -2.46. The van der Waals surface area contributed by atoms with E-state index in [-0.39, 0.29) is 6.04 Å². The van der Waals surface area contributed by atoms with Crippen LogP contribution in [0.4, 0.5) is 0 Å². The highest BCUT2D eigenvalue weighted by Gasteiger charge is 2.22. The average Bonchev–Trinajstić information content (AvgIpc) is 3.13. The summed E-state index contributed by atoms with van der Waals surface area (Å²) < 4.78 is 7.11. The van der Waals surface area contributed by atoms with E-state index in [0.29, 0.717) is 6.61 Å². The lowest BCUT2D eigenvalue weighted by molar-refractivity contribution is 0.177. The summed E-state index contributed by atoms with van der Waals surface area (Å²) in [6.07, 6.45) is 1.90. The third kappa shape index (κ3) is 4.14. The van der Waals surface area contributed by atoms with Gasteiger partial charge in [-0.05, 0) is 28.8 Å². The highest BCUT2D eigenvalue weighted by molar-refractivity contribution is 5.83. The lowest BCUT2D eigenvalue weighted by Gasteiger charge is -2.25. The zero-order valence-electron chi connectivity index (χ0n) is 16.4. The number of aryl methyl sites for hydroxylation is 1. The molecule has 28 heavy (non-hydrogen) atoms. The molecular weight excluding hydrogens is 352 g/mol. The van der Waals surface area contributed by atoms with E-state index in [1.54, 1.807) is 14.2 Å². The number of nitrogens with one attached hydrogen (secondary N) is 2. The van der Waals surface area contributed by atoms with Crippen LogP contribution in [0.3, 0.4) is 0 Å². The maximum absolute atomic E-state index is 5.13. The largest absolute Gasteiger partial charge is 0.377 e. The molecule has 1 unspecified atom stereocenters. The van der Waals surface area contributed by atoms with Crippen molar-refractivity contribution in [3.05, 3.63) is 59.7 Å². The highest BCUT2D eigenvalue weighted by Crippen LogP contribution is 2.16. The van der Waals surface area contributed by atoms with Gasteiger partial charge in [0, 0.05) is 33.2 Å². The zero-order chi connectivity index (χ0) is 19.3. The van der Waals surface area contributed by atoms with Crippen LogP contribution in [0.15, 0.2) is 47.5 Å². The van der Waals surface area contributed by atoms with Crippen molar-refractivity contribution in [2.45, 2.75) is 38.6 Å². The SMILES string of the molecule is CN=C(NCc1ccc2ccccc2c1)NC1CCc2nc(COC)nn2C1. The van der Waals surface area contributed by atoms with Crippen LogP contribution in [0.2, 0.25) is 0 Å². The summed E-state index contributed by atoms with van der Waals surface area (Å²) in [5.74, 6) is 2.58. The van der Waals surface area contributed by atoms with E-state index in [0.717, 1.165) is 43.5 Å². The van der Waals surface area contributed by atoms with Crippen molar-refractivity contribution in [2.75, 3.05) is 14.2 Å². The Bertz CT molecular complexity index is 980. The number of benzene rings is 2. The molecular formula is C21H26N6O. The molecule has 2 aromatic carbocycles. The van der Waals surface area contributed by atoms with E-state index in [1.807, 2.05) is 4.68 Å². The summed E-state index contributed by atoms with van der Waals surface area (Å²) >= 11 is 0. The molecule has 0 spiro atoms. The van der Waals surface area contributed by atoms with Crippen LogP contribution in [0.25, 0.3) is 10.8 Å². The quantitative estimate of drug-likeness (QED) is 0.526. The third-order valence-corrected chi connectivity index (χ3v) is 5.01. The van der Waals surface area contributed by atoms with Crippen LogP contribution in [-0.2, 0) is 30.9 Å².